The molecule has 4 atom stereocenters. The number of phenolic OH excluding ortho intramolecular Hbond substituents is 1. The third kappa shape index (κ3) is 4.34. The van der Waals surface area contributed by atoms with Crippen LogP contribution in [0.5, 0.6) is 5.75 Å². The molecule has 3 aliphatic rings. The summed E-state index contributed by atoms with van der Waals surface area (Å²) in [5.41, 5.74) is 2.41. The molecule has 0 saturated carbocycles. The van der Waals surface area contributed by atoms with E-state index in [-0.39, 0.29) is 53.0 Å². The number of carbonyl (C=O) groups excluding carboxylic acids is 2. The van der Waals surface area contributed by atoms with Gasteiger partial charge in [0.05, 0.1) is 17.2 Å². The minimum absolute atomic E-state index is 0.00361. The normalized spacial score (nSPS) is 26.9. The molecular weight excluding hydrogens is 505 g/mol. The number of aliphatic hydroxyl groups excluding tert-OH is 2. The zero-order valence-corrected chi connectivity index (χ0v) is 23.1. The number of nitrogens with two attached hydrogens (primary N) is 1. The van der Waals surface area contributed by atoms with Crippen molar-refractivity contribution in [2.45, 2.75) is 51.8 Å². The number of carbonyl (C=O) groups is 2. The smallest absolute Gasteiger partial charge is 0.252 e. The van der Waals surface area contributed by atoms with Crippen LogP contribution in [0.3, 0.4) is 0 Å². The van der Waals surface area contributed by atoms with Crippen molar-refractivity contribution in [1.82, 2.24) is 9.80 Å². The molecule has 1 aromatic rings. The summed E-state index contributed by atoms with van der Waals surface area (Å²) in [6.45, 7) is 11.5. The molecule has 9 nitrogen and oxygen atoms in total. The first-order valence-electron chi connectivity index (χ1n) is 13.2. The van der Waals surface area contributed by atoms with Crippen LogP contribution in [0.2, 0.25) is 0 Å². The number of amides is 1. The molecule has 0 aliphatic heterocycles. The van der Waals surface area contributed by atoms with E-state index >= 15 is 4.39 Å². The van der Waals surface area contributed by atoms with Gasteiger partial charge in [0, 0.05) is 41.3 Å². The number of fused-ring (bicyclic) bond motifs is 3. The fraction of sp³-hybridized carbons (Fsp3) is 0.517. The first-order valence-corrected chi connectivity index (χ1v) is 13.2. The van der Waals surface area contributed by atoms with Gasteiger partial charge in [0.1, 0.15) is 23.1 Å². The SMILES string of the molecule is C=C1C(C(N)=O)=C(O)[C@@H](N(C)C)[C@@H]2C[C@@H]3Cc4c(F)c(CN(CC)CC(C)C)cc(O)c4C(=O)C3=C(O)[C@]12O. The second kappa shape index (κ2) is 10.1. The number of likely N-dealkylation sites (N-methyl/N-ethyl adjacent to an activating group) is 1. The maximum Gasteiger partial charge on any atom is 0.252 e. The summed E-state index contributed by atoms with van der Waals surface area (Å²) < 4.78 is 15.9. The van der Waals surface area contributed by atoms with Crippen molar-refractivity contribution < 1.29 is 34.4 Å². The Morgan fingerprint density at radius 2 is 1.92 bits per heavy atom. The first kappa shape index (κ1) is 28.8. The number of ketones is 1. The number of phenols is 1. The number of nitrogens with zero attached hydrogens (tertiary/aromatic N) is 2. The molecule has 6 N–H and O–H groups in total. The molecule has 0 radical (unpaired) electrons. The highest BCUT2D eigenvalue weighted by atomic mass is 19.1. The van der Waals surface area contributed by atoms with Gasteiger partial charge in [-0.1, -0.05) is 27.4 Å². The number of aromatic hydroxyl groups is 1. The third-order valence-electron chi connectivity index (χ3n) is 8.38. The van der Waals surface area contributed by atoms with Gasteiger partial charge in [-0.05, 0) is 51.4 Å². The average Bonchev–Trinajstić information content (AvgIpc) is 2.83. The molecule has 0 aromatic heterocycles. The van der Waals surface area contributed by atoms with Crippen LogP contribution >= 0.6 is 0 Å². The number of rotatable bonds is 7. The number of aliphatic hydroxyl groups is 3. The lowest BCUT2D eigenvalue weighted by Gasteiger charge is -2.52. The standard InChI is InChI=1S/C29H38FN3O6/c1-7-33(11-13(2)3)12-16-10-19(34)22-17(23(16)30)8-15-9-18-24(32(5)6)26(36)20(28(31)38)14(4)29(18,39)27(37)21(15)25(22)35/h10,13,15,18,24,34,36-37,39H,4,7-9,11-12H2,1-3,5-6H3,(H2,31,38)/t15-,18-,24-,29-/m0/s1. The van der Waals surface area contributed by atoms with E-state index in [4.69, 9.17) is 5.73 Å². The van der Waals surface area contributed by atoms with Crippen LogP contribution in [0.1, 0.15) is 48.7 Å². The molecule has 39 heavy (non-hydrogen) atoms. The van der Waals surface area contributed by atoms with E-state index in [1.165, 1.54) is 6.07 Å². The van der Waals surface area contributed by atoms with Gasteiger partial charge in [0.25, 0.3) is 5.91 Å². The molecule has 0 unspecified atom stereocenters. The van der Waals surface area contributed by atoms with E-state index in [1.54, 1.807) is 19.0 Å². The van der Waals surface area contributed by atoms with Crippen LogP contribution in [0.15, 0.2) is 40.9 Å². The van der Waals surface area contributed by atoms with Gasteiger partial charge in [0.2, 0.25) is 0 Å². The summed E-state index contributed by atoms with van der Waals surface area (Å²) >= 11 is 0. The molecule has 0 spiro atoms. The molecule has 0 fully saturated rings. The average molecular weight is 544 g/mol. The van der Waals surface area contributed by atoms with Crippen LogP contribution < -0.4 is 5.73 Å². The molecule has 10 heteroatoms. The maximum absolute atomic E-state index is 15.9. The highest BCUT2D eigenvalue weighted by Crippen LogP contribution is 2.55. The summed E-state index contributed by atoms with van der Waals surface area (Å²) in [5, 5.41) is 45.2. The number of hydrogen-bond acceptors (Lipinski definition) is 8. The van der Waals surface area contributed by atoms with Gasteiger partial charge in [-0.3, -0.25) is 19.4 Å². The van der Waals surface area contributed by atoms with Crippen molar-refractivity contribution in [2.75, 3.05) is 27.2 Å². The zero-order valence-electron chi connectivity index (χ0n) is 23.1. The van der Waals surface area contributed by atoms with Crippen molar-refractivity contribution in [3.63, 3.8) is 0 Å². The van der Waals surface area contributed by atoms with Gasteiger partial charge >= 0.3 is 0 Å². The van der Waals surface area contributed by atoms with E-state index in [0.717, 1.165) is 6.54 Å². The third-order valence-corrected chi connectivity index (χ3v) is 8.38. The summed E-state index contributed by atoms with van der Waals surface area (Å²) in [7, 11) is 3.26. The van der Waals surface area contributed by atoms with Crippen molar-refractivity contribution in [3.8, 4) is 5.75 Å². The Morgan fingerprint density at radius 3 is 2.46 bits per heavy atom. The van der Waals surface area contributed by atoms with Gasteiger partial charge in [-0.15, -0.1) is 0 Å². The Hall–Kier alpha value is -3.21. The molecule has 212 valence electrons. The summed E-state index contributed by atoms with van der Waals surface area (Å²) in [6.07, 6.45) is 0.0638. The Balaban J connectivity index is 1.86. The molecule has 3 aliphatic carbocycles. The number of halogens is 1. The van der Waals surface area contributed by atoms with E-state index in [1.807, 2.05) is 6.92 Å². The predicted molar refractivity (Wildman–Crippen MR) is 144 cm³/mol. The molecule has 1 amide bonds. The Labute approximate surface area is 227 Å². The molecule has 1 aromatic carbocycles. The maximum atomic E-state index is 15.9. The topological polar surface area (TPSA) is 148 Å². The van der Waals surface area contributed by atoms with Gasteiger partial charge in [-0.2, -0.15) is 0 Å². The van der Waals surface area contributed by atoms with Crippen LogP contribution in [0.4, 0.5) is 4.39 Å². The van der Waals surface area contributed by atoms with Crippen molar-refractivity contribution in [3.05, 3.63) is 63.4 Å². The van der Waals surface area contributed by atoms with Gasteiger partial charge in [0.15, 0.2) is 11.4 Å². The fourth-order valence-corrected chi connectivity index (χ4v) is 6.70. The van der Waals surface area contributed by atoms with Crippen LogP contribution in [-0.4, -0.2) is 80.7 Å². The highest BCUT2D eigenvalue weighted by molar-refractivity contribution is 6.13. The first-order chi connectivity index (χ1) is 18.2. The van der Waals surface area contributed by atoms with E-state index in [9.17, 15) is 30.0 Å². The van der Waals surface area contributed by atoms with Crippen LogP contribution in [0, 0.1) is 23.6 Å². The largest absolute Gasteiger partial charge is 0.510 e. The minimum atomic E-state index is -2.28. The summed E-state index contributed by atoms with van der Waals surface area (Å²) in [5.74, 6) is -5.20. The molecule has 0 bridgehead atoms. The second-order valence-corrected chi connectivity index (χ2v) is 11.6. The van der Waals surface area contributed by atoms with Crippen molar-refractivity contribution in [1.29, 1.82) is 0 Å². The lowest BCUT2D eigenvalue weighted by molar-refractivity contribution is -0.115. The second-order valence-electron chi connectivity index (χ2n) is 11.6. The van der Waals surface area contributed by atoms with Crippen LogP contribution in [0.25, 0.3) is 0 Å². The Morgan fingerprint density at radius 1 is 1.28 bits per heavy atom. The van der Waals surface area contributed by atoms with Crippen molar-refractivity contribution >= 4 is 11.7 Å². The van der Waals surface area contributed by atoms with E-state index in [2.05, 4.69) is 25.3 Å². The predicted octanol–water partition coefficient (Wildman–Crippen LogP) is 2.72. The van der Waals surface area contributed by atoms with Gasteiger partial charge in [-0.25, -0.2) is 4.39 Å². The highest BCUT2D eigenvalue weighted by Gasteiger charge is 2.60. The fourth-order valence-electron chi connectivity index (χ4n) is 6.70. The number of hydrogen-bond donors (Lipinski definition) is 5. The lowest BCUT2D eigenvalue weighted by atomic mass is 9.57. The lowest BCUT2D eigenvalue weighted by Crippen LogP contribution is -2.60. The minimum Gasteiger partial charge on any atom is -0.510 e. The number of allylic oxidation sites excluding steroid dienone is 1. The molecule has 0 heterocycles. The summed E-state index contributed by atoms with van der Waals surface area (Å²) in [6, 6.07) is 0.308. The van der Waals surface area contributed by atoms with Crippen LogP contribution in [-0.2, 0) is 17.8 Å². The zero-order chi connectivity index (χ0) is 29.1. The van der Waals surface area contributed by atoms with E-state index in [0.29, 0.717) is 12.5 Å². The van der Waals surface area contributed by atoms with E-state index < -0.39 is 58.1 Å². The molecular formula is C29H38FN3O6. The number of Topliss-reactive ketones (excluding diaryl/α,β-unsaturated/α-hetero) is 1. The summed E-state index contributed by atoms with van der Waals surface area (Å²) in [4.78, 5) is 29.6. The Bertz CT molecular complexity index is 1320. The quantitative estimate of drug-likeness (QED) is 0.353. The van der Waals surface area contributed by atoms with Gasteiger partial charge < -0.3 is 26.2 Å². The number of primary amides is 1. The van der Waals surface area contributed by atoms with Crippen molar-refractivity contribution in [2.24, 2.45) is 23.5 Å². The molecule has 0 saturated heterocycles. The number of benzene rings is 1. The molecule has 4 rings (SSSR count). The monoisotopic (exact) mass is 543 g/mol. The Kier molecular flexibility index (Phi) is 7.44.